The van der Waals surface area contributed by atoms with Crippen molar-refractivity contribution < 1.29 is 28.8 Å². The largest absolute Gasteiger partial charge is 0.504 e. The van der Waals surface area contributed by atoms with Crippen LogP contribution in [0.25, 0.3) is 0 Å². The zero-order chi connectivity index (χ0) is 19.6. The Labute approximate surface area is 162 Å². The average Bonchev–Trinajstić information content (AvgIpc) is 3.28. The molecule has 3 aliphatic rings. The number of carbonyl (C=O) groups is 1. The van der Waals surface area contributed by atoms with Gasteiger partial charge >= 0.3 is 5.97 Å². The molecule has 0 spiro atoms. The van der Waals surface area contributed by atoms with Gasteiger partial charge in [0.2, 0.25) is 6.79 Å². The quantitative estimate of drug-likeness (QED) is 0.799. The smallest absolute Gasteiger partial charge is 0.343 e. The van der Waals surface area contributed by atoms with Crippen molar-refractivity contribution in [3.63, 3.8) is 0 Å². The Bertz CT molecular complexity index is 1000. The summed E-state index contributed by atoms with van der Waals surface area (Å²) >= 11 is 0. The number of fused-ring (bicyclic) bond motifs is 3. The Morgan fingerprint density at radius 2 is 2.11 bits per heavy atom. The van der Waals surface area contributed by atoms with Gasteiger partial charge in [-0.15, -0.1) is 0 Å². The van der Waals surface area contributed by atoms with E-state index in [-0.39, 0.29) is 29.9 Å². The fraction of sp³-hybridized carbons (Fsp3) is 0.381. The maximum Gasteiger partial charge on any atom is 0.343 e. The molecule has 2 aromatic rings. The lowest BCUT2D eigenvalue weighted by atomic mass is 9.83. The van der Waals surface area contributed by atoms with Gasteiger partial charge in [0, 0.05) is 17.7 Å². The SMILES string of the molecule is COc1ccc2c(c1O)C(=O)O[C@@H]2[C@H]1c2c(cc3c(c2C)OCO3)CCN1C. The van der Waals surface area contributed by atoms with Crippen LogP contribution in [0.3, 0.4) is 0 Å². The van der Waals surface area contributed by atoms with Crippen LogP contribution in [0.5, 0.6) is 23.0 Å². The van der Waals surface area contributed by atoms with Crippen LogP contribution in [0.1, 0.15) is 44.8 Å². The lowest BCUT2D eigenvalue weighted by Crippen LogP contribution is -2.36. The Hall–Kier alpha value is -2.93. The molecule has 1 N–H and O–H groups in total. The molecule has 0 aliphatic carbocycles. The fourth-order valence-corrected chi connectivity index (χ4v) is 4.62. The first kappa shape index (κ1) is 17.2. The summed E-state index contributed by atoms with van der Waals surface area (Å²) in [6.45, 7) is 3.05. The summed E-state index contributed by atoms with van der Waals surface area (Å²) in [5, 5.41) is 10.5. The number of methoxy groups -OCH3 is 1. The van der Waals surface area contributed by atoms with Crippen molar-refractivity contribution in [1.82, 2.24) is 4.90 Å². The highest BCUT2D eigenvalue weighted by Gasteiger charge is 2.44. The van der Waals surface area contributed by atoms with Crippen LogP contribution in [0.15, 0.2) is 18.2 Å². The molecule has 0 aromatic heterocycles. The van der Waals surface area contributed by atoms with E-state index in [0.29, 0.717) is 5.56 Å². The van der Waals surface area contributed by atoms with Gasteiger partial charge in [0.25, 0.3) is 0 Å². The molecule has 3 heterocycles. The Morgan fingerprint density at radius 1 is 1.29 bits per heavy atom. The number of ether oxygens (including phenoxy) is 4. The molecule has 0 fully saturated rings. The fourth-order valence-electron chi connectivity index (χ4n) is 4.62. The summed E-state index contributed by atoms with van der Waals surface area (Å²) < 4.78 is 22.2. The highest BCUT2D eigenvalue weighted by Crippen LogP contribution is 2.52. The minimum absolute atomic E-state index is 0.173. The van der Waals surface area contributed by atoms with E-state index >= 15 is 0 Å². The molecule has 7 nitrogen and oxygen atoms in total. The zero-order valence-corrected chi connectivity index (χ0v) is 15.9. The van der Waals surface area contributed by atoms with E-state index in [9.17, 15) is 9.90 Å². The lowest BCUT2D eigenvalue weighted by molar-refractivity contribution is 0.00919. The van der Waals surface area contributed by atoms with Gasteiger partial charge in [-0.05, 0) is 43.7 Å². The third-order valence-corrected chi connectivity index (χ3v) is 5.97. The van der Waals surface area contributed by atoms with Crippen LogP contribution in [0, 0.1) is 6.92 Å². The van der Waals surface area contributed by atoms with E-state index in [0.717, 1.165) is 35.6 Å². The van der Waals surface area contributed by atoms with E-state index < -0.39 is 12.1 Å². The molecule has 28 heavy (non-hydrogen) atoms. The average molecular weight is 383 g/mol. The van der Waals surface area contributed by atoms with Crippen LogP contribution in [0.2, 0.25) is 0 Å². The molecule has 2 atom stereocenters. The van der Waals surface area contributed by atoms with E-state index in [1.165, 1.54) is 12.7 Å². The second-order valence-corrected chi connectivity index (χ2v) is 7.39. The number of hydrogen-bond acceptors (Lipinski definition) is 7. The highest BCUT2D eigenvalue weighted by molar-refractivity contribution is 5.98. The normalized spacial score (nSPS) is 22.6. The number of esters is 1. The van der Waals surface area contributed by atoms with Crippen molar-refractivity contribution in [3.05, 3.63) is 46.0 Å². The van der Waals surface area contributed by atoms with Crippen molar-refractivity contribution in [2.45, 2.75) is 25.5 Å². The van der Waals surface area contributed by atoms with Gasteiger partial charge in [0.05, 0.1) is 13.2 Å². The molecule has 0 radical (unpaired) electrons. The van der Waals surface area contributed by atoms with Crippen molar-refractivity contribution >= 4 is 5.97 Å². The Morgan fingerprint density at radius 3 is 2.89 bits per heavy atom. The number of phenols is 1. The van der Waals surface area contributed by atoms with Crippen LogP contribution in [-0.4, -0.2) is 43.5 Å². The Kier molecular flexibility index (Phi) is 3.71. The first-order valence-corrected chi connectivity index (χ1v) is 9.24. The number of hydrogen-bond donors (Lipinski definition) is 1. The molecule has 5 rings (SSSR count). The van der Waals surface area contributed by atoms with Gasteiger partial charge in [0.1, 0.15) is 11.7 Å². The maximum absolute atomic E-state index is 12.6. The highest BCUT2D eigenvalue weighted by atomic mass is 16.7. The molecule has 7 heteroatoms. The van der Waals surface area contributed by atoms with E-state index in [2.05, 4.69) is 4.90 Å². The predicted octanol–water partition coefficient (Wildman–Crippen LogP) is 2.88. The summed E-state index contributed by atoms with van der Waals surface area (Å²) in [7, 11) is 3.48. The molecule has 0 unspecified atom stereocenters. The minimum Gasteiger partial charge on any atom is -0.504 e. The molecule has 146 valence electrons. The van der Waals surface area contributed by atoms with Crippen molar-refractivity contribution in [2.24, 2.45) is 0 Å². The van der Waals surface area contributed by atoms with Gasteiger partial charge in [-0.2, -0.15) is 0 Å². The molecule has 0 saturated heterocycles. The van der Waals surface area contributed by atoms with Crippen molar-refractivity contribution in [2.75, 3.05) is 27.5 Å². The van der Waals surface area contributed by atoms with Gasteiger partial charge in [0.15, 0.2) is 23.0 Å². The topological polar surface area (TPSA) is 77.5 Å². The van der Waals surface area contributed by atoms with Gasteiger partial charge in [-0.25, -0.2) is 4.79 Å². The van der Waals surface area contributed by atoms with Gasteiger partial charge in [-0.3, -0.25) is 4.90 Å². The summed E-state index contributed by atoms with van der Waals surface area (Å²) in [5.74, 6) is 1.07. The number of rotatable bonds is 2. The maximum atomic E-state index is 12.6. The lowest BCUT2D eigenvalue weighted by Gasteiger charge is -2.38. The molecule has 0 amide bonds. The molecular weight excluding hydrogens is 362 g/mol. The molecule has 3 aliphatic heterocycles. The van der Waals surface area contributed by atoms with Crippen LogP contribution in [-0.2, 0) is 11.2 Å². The molecule has 0 saturated carbocycles. The number of likely N-dealkylation sites (N-methyl/N-ethyl adjacent to an activating group) is 1. The number of phenolic OH excluding ortho intramolecular Hbond substituents is 1. The predicted molar refractivity (Wildman–Crippen MR) is 99.2 cm³/mol. The second-order valence-electron chi connectivity index (χ2n) is 7.39. The van der Waals surface area contributed by atoms with Crippen LogP contribution in [0.4, 0.5) is 0 Å². The number of nitrogens with zero attached hydrogens (tertiary/aromatic N) is 1. The van der Waals surface area contributed by atoms with Gasteiger partial charge in [-0.1, -0.05) is 6.07 Å². The van der Waals surface area contributed by atoms with E-state index in [4.69, 9.17) is 18.9 Å². The number of aromatic hydroxyl groups is 1. The first-order chi connectivity index (χ1) is 13.5. The van der Waals surface area contributed by atoms with Gasteiger partial charge < -0.3 is 24.1 Å². The second kappa shape index (κ2) is 6.04. The third kappa shape index (κ3) is 2.22. The summed E-state index contributed by atoms with van der Waals surface area (Å²) in [4.78, 5) is 14.8. The van der Waals surface area contributed by atoms with Crippen LogP contribution < -0.4 is 14.2 Å². The number of benzene rings is 2. The molecule has 2 aromatic carbocycles. The summed E-state index contributed by atoms with van der Waals surface area (Å²) in [6.07, 6.45) is 0.351. The molecule has 0 bridgehead atoms. The summed E-state index contributed by atoms with van der Waals surface area (Å²) in [6, 6.07) is 5.32. The van der Waals surface area contributed by atoms with E-state index in [1.807, 2.05) is 20.0 Å². The minimum atomic E-state index is -0.532. The summed E-state index contributed by atoms with van der Waals surface area (Å²) in [5.41, 5.74) is 4.13. The third-order valence-electron chi connectivity index (χ3n) is 5.97. The zero-order valence-electron chi connectivity index (χ0n) is 15.9. The first-order valence-electron chi connectivity index (χ1n) is 9.24. The van der Waals surface area contributed by atoms with Crippen molar-refractivity contribution in [3.8, 4) is 23.0 Å². The molecular formula is C21H21NO6. The Balaban J connectivity index is 1.67. The van der Waals surface area contributed by atoms with Crippen molar-refractivity contribution in [1.29, 1.82) is 0 Å². The number of carbonyl (C=O) groups excluding carboxylic acids is 1. The standard InChI is InChI=1S/C21H21NO6/c1-10-15-11(8-14-19(10)27-9-26-14)6-7-22(2)17(15)20-12-4-5-13(25-3)18(23)16(12)21(24)28-20/h4-5,8,17,20,23H,6-7,9H2,1-3H3/t17-,20+/m1/s1. The van der Waals surface area contributed by atoms with E-state index in [1.54, 1.807) is 12.1 Å². The number of cyclic esters (lactones) is 1. The van der Waals surface area contributed by atoms with Crippen LogP contribution >= 0.6 is 0 Å². The monoisotopic (exact) mass is 383 g/mol.